The Morgan fingerprint density at radius 1 is 1.15 bits per heavy atom. The Morgan fingerprint density at radius 2 is 1.70 bits per heavy atom. The third kappa shape index (κ3) is 4.01. The van der Waals surface area contributed by atoms with E-state index in [-0.39, 0.29) is 11.3 Å². The zero-order valence-electron chi connectivity index (χ0n) is 10.4. The van der Waals surface area contributed by atoms with Gasteiger partial charge in [-0.15, -0.1) is 13.2 Å². The average molecular weight is 283 g/mol. The number of benzene rings is 1. The topological polar surface area (TPSA) is 52.3 Å². The largest absolute Gasteiger partial charge is 0.573 e. The molecule has 0 bridgehead atoms. The predicted octanol–water partition coefficient (Wildman–Crippen LogP) is 3.20. The number of nitrogens with two attached hydrogens (primary N) is 1. The molecular formula is C14H12F3NO2. The summed E-state index contributed by atoms with van der Waals surface area (Å²) in [4.78, 5) is 11.2. The van der Waals surface area contributed by atoms with Crippen molar-refractivity contribution in [2.24, 2.45) is 5.73 Å². The van der Waals surface area contributed by atoms with Crippen LogP contribution in [0.5, 0.6) is 5.75 Å². The molecule has 0 saturated carbocycles. The van der Waals surface area contributed by atoms with Gasteiger partial charge in [0, 0.05) is 5.57 Å². The van der Waals surface area contributed by atoms with Gasteiger partial charge in [-0.2, -0.15) is 0 Å². The number of carbonyl (C=O) groups excluding carboxylic acids is 1. The lowest BCUT2D eigenvalue weighted by molar-refractivity contribution is -0.274. The van der Waals surface area contributed by atoms with Crippen LogP contribution in [0.15, 0.2) is 55.1 Å². The molecule has 106 valence electrons. The molecule has 0 atom stereocenters. The summed E-state index contributed by atoms with van der Waals surface area (Å²) >= 11 is 0. The second-order valence-electron chi connectivity index (χ2n) is 3.67. The summed E-state index contributed by atoms with van der Waals surface area (Å²) in [6.07, 6.45) is -2.11. The molecule has 20 heavy (non-hydrogen) atoms. The zero-order valence-corrected chi connectivity index (χ0v) is 10.4. The van der Waals surface area contributed by atoms with Crippen molar-refractivity contribution in [2.75, 3.05) is 0 Å². The molecule has 0 saturated heterocycles. The highest BCUT2D eigenvalue weighted by Gasteiger charge is 2.30. The maximum absolute atomic E-state index is 12.0. The van der Waals surface area contributed by atoms with E-state index in [4.69, 9.17) is 5.73 Å². The van der Waals surface area contributed by atoms with Crippen LogP contribution in [-0.2, 0) is 4.79 Å². The molecule has 1 aromatic carbocycles. The number of allylic oxidation sites excluding steroid dienone is 2. The fourth-order valence-electron chi connectivity index (χ4n) is 1.56. The molecule has 0 aliphatic carbocycles. The molecule has 1 amide bonds. The van der Waals surface area contributed by atoms with Crippen molar-refractivity contribution in [3.63, 3.8) is 0 Å². The van der Waals surface area contributed by atoms with E-state index in [0.29, 0.717) is 11.1 Å². The highest BCUT2D eigenvalue weighted by atomic mass is 19.4. The Morgan fingerprint density at radius 3 is 2.05 bits per heavy atom. The van der Waals surface area contributed by atoms with E-state index in [1.807, 2.05) is 0 Å². The molecule has 1 rings (SSSR count). The van der Waals surface area contributed by atoms with E-state index in [1.54, 1.807) is 0 Å². The maximum Gasteiger partial charge on any atom is 0.573 e. The van der Waals surface area contributed by atoms with Crippen LogP contribution in [0.2, 0.25) is 0 Å². The third-order valence-corrected chi connectivity index (χ3v) is 2.36. The van der Waals surface area contributed by atoms with Crippen LogP contribution in [0.4, 0.5) is 13.2 Å². The van der Waals surface area contributed by atoms with Gasteiger partial charge in [-0.3, -0.25) is 4.79 Å². The molecule has 6 heteroatoms. The number of hydrogen-bond donors (Lipinski definition) is 1. The number of rotatable bonds is 5. The van der Waals surface area contributed by atoms with Gasteiger partial charge in [0.25, 0.3) is 0 Å². The Kier molecular flexibility index (Phi) is 4.74. The first-order valence-corrected chi connectivity index (χ1v) is 5.43. The van der Waals surface area contributed by atoms with Crippen molar-refractivity contribution in [1.82, 2.24) is 0 Å². The van der Waals surface area contributed by atoms with Crippen LogP contribution in [0.25, 0.3) is 5.57 Å². The fourth-order valence-corrected chi connectivity index (χ4v) is 1.56. The van der Waals surface area contributed by atoms with Crippen LogP contribution in [-0.4, -0.2) is 12.3 Å². The van der Waals surface area contributed by atoms with Crippen molar-refractivity contribution < 1.29 is 22.7 Å². The lowest BCUT2D eigenvalue weighted by Crippen LogP contribution is -2.17. The van der Waals surface area contributed by atoms with Gasteiger partial charge in [-0.05, 0) is 23.3 Å². The molecule has 0 radical (unpaired) electrons. The molecule has 0 aromatic heterocycles. The summed E-state index contributed by atoms with van der Waals surface area (Å²) in [6, 6.07) is 5.00. The van der Waals surface area contributed by atoms with Crippen LogP contribution in [0, 0.1) is 0 Å². The summed E-state index contributed by atoms with van der Waals surface area (Å²) in [5.41, 5.74) is 6.17. The minimum atomic E-state index is -4.75. The summed E-state index contributed by atoms with van der Waals surface area (Å²) in [5.74, 6) is -1.06. The van der Waals surface area contributed by atoms with Crippen molar-refractivity contribution in [3.8, 4) is 5.75 Å². The monoisotopic (exact) mass is 283 g/mol. The van der Waals surface area contributed by atoms with E-state index < -0.39 is 12.3 Å². The Balaban J connectivity index is 3.17. The van der Waals surface area contributed by atoms with Crippen molar-refractivity contribution in [3.05, 3.63) is 60.7 Å². The molecule has 0 spiro atoms. The quantitative estimate of drug-likeness (QED) is 0.666. The van der Waals surface area contributed by atoms with Crippen LogP contribution < -0.4 is 10.5 Å². The Labute approximate surface area is 113 Å². The number of carbonyl (C=O) groups is 1. The van der Waals surface area contributed by atoms with Gasteiger partial charge in [0.15, 0.2) is 0 Å². The predicted molar refractivity (Wildman–Crippen MR) is 69.6 cm³/mol. The SMILES string of the molecule is C=C/C(C(N)=O)=C(\C=C)c1ccc(OC(F)(F)F)cc1. The minimum Gasteiger partial charge on any atom is -0.406 e. The van der Waals surface area contributed by atoms with E-state index in [2.05, 4.69) is 17.9 Å². The minimum absolute atomic E-state index is 0.129. The molecule has 0 fully saturated rings. The zero-order chi connectivity index (χ0) is 15.3. The normalized spacial score (nSPS) is 12.3. The van der Waals surface area contributed by atoms with Gasteiger partial charge in [0.1, 0.15) is 5.75 Å². The number of hydrogen-bond acceptors (Lipinski definition) is 2. The summed E-state index contributed by atoms with van der Waals surface area (Å²) in [7, 11) is 0. The second-order valence-corrected chi connectivity index (χ2v) is 3.67. The smallest absolute Gasteiger partial charge is 0.406 e. The summed E-state index contributed by atoms with van der Waals surface area (Å²) in [6.45, 7) is 7.01. The van der Waals surface area contributed by atoms with Gasteiger partial charge >= 0.3 is 6.36 Å². The van der Waals surface area contributed by atoms with Crippen LogP contribution in [0.3, 0.4) is 0 Å². The van der Waals surface area contributed by atoms with Crippen molar-refractivity contribution in [1.29, 1.82) is 0 Å². The van der Waals surface area contributed by atoms with Crippen molar-refractivity contribution in [2.45, 2.75) is 6.36 Å². The maximum atomic E-state index is 12.0. The van der Waals surface area contributed by atoms with E-state index >= 15 is 0 Å². The van der Waals surface area contributed by atoms with E-state index in [0.717, 1.165) is 12.1 Å². The molecular weight excluding hydrogens is 271 g/mol. The number of alkyl halides is 3. The first-order valence-electron chi connectivity index (χ1n) is 5.43. The summed E-state index contributed by atoms with van der Waals surface area (Å²) < 4.78 is 39.8. The number of halogens is 3. The van der Waals surface area contributed by atoms with Gasteiger partial charge in [0.05, 0.1) is 0 Å². The molecule has 0 aliphatic rings. The molecule has 0 heterocycles. The standard InChI is InChI=1S/C14H12F3NO2/c1-3-11(12(4-2)13(18)19)9-5-7-10(8-6-9)20-14(15,16)17/h3-8H,1-2H2,(H2,18,19)/b12-11-. The van der Waals surface area contributed by atoms with Gasteiger partial charge in [-0.25, -0.2) is 0 Å². The van der Waals surface area contributed by atoms with Gasteiger partial charge < -0.3 is 10.5 Å². The number of primary amides is 1. The Hall–Kier alpha value is -2.50. The first-order chi connectivity index (χ1) is 9.28. The lowest BCUT2D eigenvalue weighted by atomic mass is 9.99. The highest BCUT2D eigenvalue weighted by Crippen LogP contribution is 2.26. The summed E-state index contributed by atoms with van der Waals surface area (Å²) in [5, 5.41) is 0. The molecule has 3 nitrogen and oxygen atoms in total. The first kappa shape index (κ1) is 15.6. The number of amides is 1. The molecule has 0 unspecified atom stereocenters. The molecule has 2 N–H and O–H groups in total. The number of ether oxygens (including phenoxy) is 1. The molecule has 1 aromatic rings. The van der Waals surface area contributed by atoms with Crippen molar-refractivity contribution >= 4 is 11.5 Å². The molecule has 0 aliphatic heterocycles. The van der Waals surface area contributed by atoms with Gasteiger partial charge in [-0.1, -0.05) is 37.4 Å². The Bertz CT molecular complexity index is 557. The second kappa shape index (κ2) is 6.10. The average Bonchev–Trinajstić information content (AvgIpc) is 2.34. The van der Waals surface area contributed by atoms with Crippen LogP contribution in [0.1, 0.15) is 5.56 Å². The third-order valence-electron chi connectivity index (χ3n) is 2.36. The fraction of sp³-hybridized carbons (Fsp3) is 0.0714. The van der Waals surface area contributed by atoms with Gasteiger partial charge in [0.2, 0.25) is 5.91 Å². The van der Waals surface area contributed by atoms with Crippen LogP contribution >= 0.6 is 0 Å². The van der Waals surface area contributed by atoms with E-state index in [1.165, 1.54) is 24.3 Å². The van der Waals surface area contributed by atoms with E-state index in [9.17, 15) is 18.0 Å². The highest BCUT2D eigenvalue weighted by molar-refractivity contribution is 6.04. The lowest BCUT2D eigenvalue weighted by Gasteiger charge is -2.10.